The molecule has 0 fully saturated rings. The van der Waals surface area contributed by atoms with E-state index in [1.54, 1.807) is 0 Å². The van der Waals surface area contributed by atoms with Crippen molar-refractivity contribution in [1.82, 2.24) is 0 Å². The summed E-state index contributed by atoms with van der Waals surface area (Å²) in [4.78, 5) is 0.512. The largest absolute Gasteiger partial charge is 0.0836 e. The van der Waals surface area contributed by atoms with Crippen molar-refractivity contribution in [2.24, 2.45) is 5.92 Å². The van der Waals surface area contributed by atoms with E-state index in [2.05, 4.69) is 61.0 Å². The zero-order valence-corrected chi connectivity index (χ0v) is 13.0. The molecule has 0 spiro atoms. The molecule has 1 aromatic carbocycles. The summed E-state index contributed by atoms with van der Waals surface area (Å²) < 4.78 is 0. The number of halogens is 1. The van der Waals surface area contributed by atoms with Gasteiger partial charge in [0.1, 0.15) is 0 Å². The van der Waals surface area contributed by atoms with Gasteiger partial charge in [-0.1, -0.05) is 80.2 Å². The molecule has 1 unspecified atom stereocenters. The fourth-order valence-corrected chi connectivity index (χ4v) is 3.28. The van der Waals surface area contributed by atoms with Crippen LogP contribution in [0.2, 0.25) is 0 Å². The molecule has 0 saturated heterocycles. The fraction of sp³-hybridized carbons (Fsp3) is 0.625. The summed E-state index contributed by atoms with van der Waals surface area (Å²) >= 11 is 3.85. The van der Waals surface area contributed by atoms with Crippen LogP contribution in [0.3, 0.4) is 0 Å². The zero-order chi connectivity index (χ0) is 12.7. The highest BCUT2D eigenvalue weighted by molar-refractivity contribution is 9.09. The minimum atomic E-state index is 0.512. The Morgan fingerprint density at radius 1 is 1.00 bits per heavy atom. The molecule has 0 saturated carbocycles. The van der Waals surface area contributed by atoms with E-state index in [0.29, 0.717) is 4.83 Å². The first kappa shape index (κ1) is 14.8. The molecule has 0 amide bonds. The van der Waals surface area contributed by atoms with Gasteiger partial charge in [-0.3, -0.25) is 0 Å². The van der Waals surface area contributed by atoms with Crippen LogP contribution in [0.25, 0.3) is 0 Å². The summed E-state index contributed by atoms with van der Waals surface area (Å²) in [6.45, 7) is 6.80. The van der Waals surface area contributed by atoms with Crippen molar-refractivity contribution in [1.29, 1.82) is 0 Å². The molecule has 0 aliphatic carbocycles. The van der Waals surface area contributed by atoms with E-state index >= 15 is 0 Å². The summed E-state index contributed by atoms with van der Waals surface area (Å²) in [5.41, 5.74) is 2.90. The van der Waals surface area contributed by atoms with E-state index in [4.69, 9.17) is 0 Å². The number of alkyl halides is 1. The van der Waals surface area contributed by atoms with Crippen molar-refractivity contribution in [2.45, 2.75) is 57.7 Å². The van der Waals surface area contributed by atoms with Gasteiger partial charge in [-0.15, -0.1) is 0 Å². The van der Waals surface area contributed by atoms with Gasteiger partial charge >= 0.3 is 0 Å². The summed E-state index contributed by atoms with van der Waals surface area (Å²) in [6.07, 6.45) is 6.27. The van der Waals surface area contributed by atoms with E-state index in [9.17, 15) is 0 Å². The topological polar surface area (TPSA) is 0 Å². The second-order valence-corrected chi connectivity index (χ2v) is 5.81. The van der Waals surface area contributed by atoms with Crippen molar-refractivity contribution < 1.29 is 0 Å². The van der Waals surface area contributed by atoms with Gasteiger partial charge in [0, 0.05) is 4.83 Å². The molecule has 1 heteroatoms. The van der Waals surface area contributed by atoms with Crippen LogP contribution in [0.4, 0.5) is 0 Å². The lowest BCUT2D eigenvalue weighted by Crippen LogP contribution is -2.05. The Morgan fingerprint density at radius 3 is 2.06 bits per heavy atom. The SMILES string of the molecule is CCCCc1ccc(C(Br)C(CC)CC)cc1. The van der Waals surface area contributed by atoms with Gasteiger partial charge in [0.2, 0.25) is 0 Å². The van der Waals surface area contributed by atoms with E-state index in [0.717, 1.165) is 5.92 Å². The van der Waals surface area contributed by atoms with Crippen LogP contribution in [0.5, 0.6) is 0 Å². The highest BCUT2D eigenvalue weighted by Crippen LogP contribution is 2.35. The van der Waals surface area contributed by atoms with Crippen LogP contribution in [-0.2, 0) is 6.42 Å². The monoisotopic (exact) mass is 296 g/mol. The lowest BCUT2D eigenvalue weighted by atomic mass is 9.93. The van der Waals surface area contributed by atoms with Crippen LogP contribution in [0.15, 0.2) is 24.3 Å². The standard InChI is InChI=1S/C16H25Br/c1-4-7-8-13-9-11-15(12-10-13)16(17)14(5-2)6-3/h9-12,14,16H,4-8H2,1-3H3. The molecule has 0 aliphatic rings. The normalized spacial score (nSPS) is 13.0. The molecule has 96 valence electrons. The molecule has 1 aromatic rings. The summed E-state index contributed by atoms with van der Waals surface area (Å²) in [5, 5.41) is 0. The number of rotatable bonds is 7. The Labute approximate surface area is 115 Å². The first-order chi connectivity index (χ1) is 8.22. The van der Waals surface area contributed by atoms with E-state index in [1.165, 1.54) is 43.2 Å². The Hall–Kier alpha value is -0.300. The van der Waals surface area contributed by atoms with Crippen molar-refractivity contribution in [3.63, 3.8) is 0 Å². The quantitative estimate of drug-likeness (QED) is 0.549. The van der Waals surface area contributed by atoms with Crippen LogP contribution in [0, 0.1) is 5.92 Å². The summed E-state index contributed by atoms with van der Waals surface area (Å²) in [5.74, 6) is 0.747. The van der Waals surface area contributed by atoms with Gasteiger partial charge in [-0.25, -0.2) is 0 Å². The van der Waals surface area contributed by atoms with Gasteiger partial charge in [0.25, 0.3) is 0 Å². The Balaban J connectivity index is 2.66. The second kappa shape index (κ2) is 7.92. The number of hydrogen-bond acceptors (Lipinski definition) is 0. The maximum Gasteiger partial charge on any atom is 0.0423 e. The van der Waals surface area contributed by atoms with E-state index < -0.39 is 0 Å². The molecule has 0 bridgehead atoms. The molecule has 17 heavy (non-hydrogen) atoms. The zero-order valence-electron chi connectivity index (χ0n) is 11.4. The highest BCUT2D eigenvalue weighted by Gasteiger charge is 2.16. The van der Waals surface area contributed by atoms with Crippen molar-refractivity contribution in [2.75, 3.05) is 0 Å². The molecule has 1 rings (SSSR count). The van der Waals surface area contributed by atoms with Crippen LogP contribution < -0.4 is 0 Å². The van der Waals surface area contributed by atoms with E-state index in [1.807, 2.05) is 0 Å². The predicted octanol–water partition coefficient (Wildman–Crippen LogP) is 5.90. The Bertz CT molecular complexity index is 298. The van der Waals surface area contributed by atoms with Gasteiger partial charge in [-0.05, 0) is 29.9 Å². The van der Waals surface area contributed by atoms with Gasteiger partial charge < -0.3 is 0 Å². The van der Waals surface area contributed by atoms with Crippen molar-refractivity contribution >= 4 is 15.9 Å². The summed E-state index contributed by atoms with van der Waals surface area (Å²) in [6, 6.07) is 9.18. The molecule has 0 aliphatic heterocycles. The highest BCUT2D eigenvalue weighted by atomic mass is 79.9. The van der Waals surface area contributed by atoms with Crippen LogP contribution in [0.1, 0.15) is 62.4 Å². The lowest BCUT2D eigenvalue weighted by Gasteiger charge is -2.20. The number of hydrogen-bond donors (Lipinski definition) is 0. The first-order valence-corrected chi connectivity index (χ1v) is 7.87. The average molecular weight is 297 g/mol. The molecular formula is C16H25Br. The fourth-order valence-electron chi connectivity index (χ4n) is 2.22. The number of benzene rings is 1. The molecule has 0 heterocycles. The smallest absolute Gasteiger partial charge is 0.0423 e. The maximum atomic E-state index is 3.85. The predicted molar refractivity (Wildman–Crippen MR) is 80.8 cm³/mol. The molecule has 0 aromatic heterocycles. The summed E-state index contributed by atoms with van der Waals surface area (Å²) in [7, 11) is 0. The second-order valence-electron chi connectivity index (χ2n) is 4.82. The van der Waals surface area contributed by atoms with Crippen LogP contribution >= 0.6 is 15.9 Å². The minimum Gasteiger partial charge on any atom is -0.0836 e. The molecule has 0 nitrogen and oxygen atoms in total. The average Bonchev–Trinajstić information content (AvgIpc) is 2.38. The van der Waals surface area contributed by atoms with Crippen molar-refractivity contribution in [3.8, 4) is 0 Å². The van der Waals surface area contributed by atoms with Crippen LogP contribution in [-0.4, -0.2) is 0 Å². The number of unbranched alkanes of at least 4 members (excludes halogenated alkanes) is 1. The minimum absolute atomic E-state index is 0.512. The third-order valence-electron chi connectivity index (χ3n) is 3.58. The lowest BCUT2D eigenvalue weighted by molar-refractivity contribution is 0.487. The maximum absolute atomic E-state index is 3.85. The third kappa shape index (κ3) is 4.46. The van der Waals surface area contributed by atoms with Gasteiger partial charge in [0.05, 0.1) is 0 Å². The Morgan fingerprint density at radius 2 is 1.59 bits per heavy atom. The van der Waals surface area contributed by atoms with E-state index in [-0.39, 0.29) is 0 Å². The molecule has 0 radical (unpaired) electrons. The van der Waals surface area contributed by atoms with Gasteiger partial charge in [0.15, 0.2) is 0 Å². The third-order valence-corrected chi connectivity index (χ3v) is 4.86. The Kier molecular flexibility index (Phi) is 6.87. The molecule has 1 atom stereocenters. The van der Waals surface area contributed by atoms with Gasteiger partial charge in [-0.2, -0.15) is 0 Å². The molecular weight excluding hydrogens is 272 g/mol. The number of aryl methyl sites for hydroxylation is 1. The first-order valence-electron chi connectivity index (χ1n) is 6.95. The molecule has 0 N–H and O–H groups in total. The van der Waals surface area contributed by atoms with Crippen molar-refractivity contribution in [3.05, 3.63) is 35.4 Å².